The van der Waals surface area contributed by atoms with Crippen molar-refractivity contribution in [3.05, 3.63) is 29.8 Å². The van der Waals surface area contributed by atoms with E-state index in [1.807, 2.05) is 31.2 Å². The molecule has 126 valence electrons. The summed E-state index contributed by atoms with van der Waals surface area (Å²) < 4.78 is 5.21. The molecule has 1 aliphatic heterocycles. The van der Waals surface area contributed by atoms with E-state index < -0.39 is 12.0 Å². The third-order valence-corrected chi connectivity index (χ3v) is 3.83. The summed E-state index contributed by atoms with van der Waals surface area (Å²) in [6, 6.07) is 7.20. The lowest BCUT2D eigenvalue weighted by Crippen LogP contribution is -2.47. The second kappa shape index (κ2) is 7.94. The molecule has 1 fully saturated rings. The number of nitrogens with one attached hydrogen (secondary N) is 2. The predicted molar refractivity (Wildman–Crippen MR) is 84.9 cm³/mol. The van der Waals surface area contributed by atoms with Gasteiger partial charge in [-0.1, -0.05) is 19.1 Å². The second-order valence-electron chi connectivity index (χ2n) is 5.56. The monoisotopic (exact) mass is 321 g/mol. The lowest BCUT2D eigenvalue weighted by molar-refractivity contribution is -0.145. The van der Waals surface area contributed by atoms with Gasteiger partial charge in [0.25, 0.3) is 0 Å². The Labute approximate surface area is 135 Å². The third kappa shape index (κ3) is 4.43. The van der Waals surface area contributed by atoms with Crippen LogP contribution in [0.1, 0.15) is 31.4 Å². The molecule has 2 atom stereocenters. The van der Waals surface area contributed by atoms with Crippen LogP contribution in [0.2, 0.25) is 0 Å². The smallest absolute Gasteiger partial charge is 0.323 e. The molecule has 0 aromatic heterocycles. The van der Waals surface area contributed by atoms with Crippen molar-refractivity contribution in [1.29, 1.82) is 0 Å². The number of ether oxygens (including phenoxy) is 1. The van der Waals surface area contributed by atoms with Crippen molar-refractivity contribution >= 4 is 11.9 Å². The normalized spacial score (nSPS) is 20.3. The first kappa shape index (κ1) is 17.2. The van der Waals surface area contributed by atoms with Crippen molar-refractivity contribution in [2.24, 2.45) is 0 Å². The molecule has 2 unspecified atom stereocenters. The Morgan fingerprint density at radius 1 is 1.39 bits per heavy atom. The maximum Gasteiger partial charge on any atom is 0.323 e. The van der Waals surface area contributed by atoms with Gasteiger partial charge in [-0.05, 0) is 30.5 Å². The Morgan fingerprint density at radius 3 is 2.83 bits per heavy atom. The van der Waals surface area contributed by atoms with Crippen LogP contribution in [-0.4, -0.2) is 48.1 Å². The van der Waals surface area contributed by atoms with E-state index >= 15 is 0 Å². The molecule has 1 heterocycles. The predicted octanol–water partition coefficient (Wildman–Crippen LogP) is 0.926. The van der Waals surface area contributed by atoms with Gasteiger partial charge in [0, 0.05) is 12.6 Å². The minimum absolute atomic E-state index is 0.0210. The highest BCUT2D eigenvalue weighted by Gasteiger charge is 2.33. The number of carbonyl (C=O) groups excluding carboxylic acids is 1. The Hall–Kier alpha value is -2.12. The second-order valence-corrected chi connectivity index (χ2v) is 5.56. The van der Waals surface area contributed by atoms with E-state index in [9.17, 15) is 9.59 Å². The first-order chi connectivity index (χ1) is 11.0. The Balaban J connectivity index is 2.02. The molecule has 2 rings (SSSR count). The zero-order valence-corrected chi connectivity index (χ0v) is 13.4. The fourth-order valence-corrected chi connectivity index (χ4v) is 2.72. The van der Waals surface area contributed by atoms with Crippen LogP contribution in [0.15, 0.2) is 24.3 Å². The van der Waals surface area contributed by atoms with Crippen LogP contribution >= 0.6 is 0 Å². The molecule has 1 aromatic rings. The van der Waals surface area contributed by atoms with Crippen molar-refractivity contribution < 1.29 is 19.4 Å². The van der Waals surface area contributed by atoms with Crippen LogP contribution in [0.4, 0.5) is 0 Å². The van der Waals surface area contributed by atoms with Crippen molar-refractivity contribution in [1.82, 2.24) is 15.8 Å². The molecular weight excluding hydrogens is 298 g/mol. The Bertz CT molecular complexity index is 564. The summed E-state index contributed by atoms with van der Waals surface area (Å²) in [5.74, 6) is -0.424. The van der Waals surface area contributed by atoms with E-state index in [0.29, 0.717) is 13.0 Å². The number of benzene rings is 1. The van der Waals surface area contributed by atoms with Crippen LogP contribution in [0, 0.1) is 0 Å². The van der Waals surface area contributed by atoms with Crippen molar-refractivity contribution in [3.63, 3.8) is 0 Å². The molecule has 0 saturated carbocycles. The molecule has 0 aliphatic carbocycles. The van der Waals surface area contributed by atoms with Gasteiger partial charge in [0.2, 0.25) is 5.91 Å². The van der Waals surface area contributed by atoms with E-state index in [1.165, 1.54) is 4.90 Å². The molecule has 0 radical (unpaired) electrons. The topological polar surface area (TPSA) is 90.9 Å². The average Bonchev–Trinajstić information content (AvgIpc) is 3.03. The van der Waals surface area contributed by atoms with Crippen LogP contribution < -0.4 is 15.6 Å². The summed E-state index contributed by atoms with van der Waals surface area (Å²) in [5.41, 5.74) is 7.11. The number of carboxylic acid groups (broad SMARTS) is 1. The van der Waals surface area contributed by atoms with Crippen LogP contribution in [0.3, 0.4) is 0 Å². The van der Waals surface area contributed by atoms with Gasteiger partial charge in [-0.15, -0.1) is 0 Å². The zero-order chi connectivity index (χ0) is 16.8. The number of carboxylic acids is 1. The van der Waals surface area contributed by atoms with E-state index in [2.05, 4.69) is 10.9 Å². The van der Waals surface area contributed by atoms with Crippen molar-refractivity contribution in [2.45, 2.75) is 31.8 Å². The number of amides is 1. The molecule has 1 aliphatic rings. The fourth-order valence-electron chi connectivity index (χ4n) is 2.72. The number of hydrogen-bond acceptors (Lipinski definition) is 5. The van der Waals surface area contributed by atoms with Gasteiger partial charge in [0.15, 0.2) is 0 Å². The van der Waals surface area contributed by atoms with E-state index in [-0.39, 0.29) is 18.5 Å². The number of rotatable bonds is 7. The number of carbonyl (C=O) groups is 2. The molecule has 7 heteroatoms. The summed E-state index contributed by atoms with van der Waals surface area (Å²) in [6.45, 7) is 2.09. The number of aliphatic carboxylic acids is 1. The summed E-state index contributed by atoms with van der Waals surface area (Å²) in [6.07, 6.45) is 1.28. The van der Waals surface area contributed by atoms with Crippen molar-refractivity contribution in [3.8, 4) is 5.75 Å². The number of hydrazine groups is 1. The highest BCUT2D eigenvalue weighted by molar-refractivity contribution is 5.85. The summed E-state index contributed by atoms with van der Waals surface area (Å²) in [5, 5.41) is 8.95. The zero-order valence-electron chi connectivity index (χ0n) is 13.4. The summed E-state index contributed by atoms with van der Waals surface area (Å²) in [4.78, 5) is 24.8. The molecule has 1 aromatic carbocycles. The minimum Gasteiger partial charge on any atom is -0.497 e. The number of methoxy groups -OCH3 is 1. The first-order valence-electron chi connectivity index (χ1n) is 7.70. The quantitative estimate of drug-likeness (QED) is 0.692. The number of nitrogens with zero attached hydrogens (tertiary/aromatic N) is 1. The van der Waals surface area contributed by atoms with Crippen LogP contribution in [0.5, 0.6) is 5.75 Å². The number of hydrogen-bond donors (Lipinski definition) is 3. The fraction of sp³-hybridized carbons (Fsp3) is 0.500. The summed E-state index contributed by atoms with van der Waals surface area (Å²) in [7, 11) is 1.61. The van der Waals surface area contributed by atoms with E-state index in [0.717, 1.165) is 17.7 Å². The lowest BCUT2D eigenvalue weighted by Gasteiger charge is -2.23. The van der Waals surface area contributed by atoms with Crippen LogP contribution in [-0.2, 0) is 9.59 Å². The van der Waals surface area contributed by atoms with Gasteiger partial charge in [-0.25, -0.2) is 10.9 Å². The molecular formula is C16H23N3O4. The van der Waals surface area contributed by atoms with Gasteiger partial charge < -0.3 is 14.7 Å². The lowest BCUT2D eigenvalue weighted by atomic mass is 10.0. The third-order valence-electron chi connectivity index (χ3n) is 3.83. The SMILES string of the molecule is CCCN(CC(=O)O)C(=O)C1CC(c2cccc(OC)c2)NN1. The van der Waals surface area contributed by atoms with E-state index in [4.69, 9.17) is 9.84 Å². The molecule has 0 bridgehead atoms. The maximum atomic E-state index is 12.5. The van der Waals surface area contributed by atoms with Gasteiger partial charge in [0.1, 0.15) is 18.3 Å². The highest BCUT2D eigenvalue weighted by atomic mass is 16.5. The summed E-state index contributed by atoms with van der Waals surface area (Å²) >= 11 is 0. The van der Waals surface area contributed by atoms with Crippen molar-refractivity contribution in [2.75, 3.05) is 20.2 Å². The van der Waals surface area contributed by atoms with Gasteiger partial charge >= 0.3 is 5.97 Å². The molecule has 3 N–H and O–H groups in total. The molecule has 1 saturated heterocycles. The minimum atomic E-state index is -0.998. The molecule has 23 heavy (non-hydrogen) atoms. The molecule has 7 nitrogen and oxygen atoms in total. The van der Waals surface area contributed by atoms with Gasteiger partial charge in [-0.2, -0.15) is 0 Å². The standard InChI is InChI=1S/C16H23N3O4/c1-3-7-19(10-15(20)21)16(22)14-9-13(17-18-14)11-5-4-6-12(8-11)23-2/h4-6,8,13-14,17-18H,3,7,9-10H2,1-2H3,(H,20,21). The average molecular weight is 321 g/mol. The van der Waals surface area contributed by atoms with Crippen LogP contribution in [0.25, 0.3) is 0 Å². The first-order valence-corrected chi connectivity index (χ1v) is 7.70. The Kier molecular flexibility index (Phi) is 5.95. The van der Waals surface area contributed by atoms with Gasteiger partial charge in [0.05, 0.1) is 7.11 Å². The largest absolute Gasteiger partial charge is 0.497 e. The highest BCUT2D eigenvalue weighted by Crippen LogP contribution is 2.26. The maximum absolute atomic E-state index is 12.5. The molecule has 1 amide bonds. The van der Waals surface area contributed by atoms with E-state index in [1.54, 1.807) is 7.11 Å². The van der Waals surface area contributed by atoms with Gasteiger partial charge in [-0.3, -0.25) is 9.59 Å². The molecule has 0 spiro atoms. The Morgan fingerprint density at radius 2 is 2.17 bits per heavy atom.